The minimum atomic E-state index is -0.792. The lowest BCUT2D eigenvalue weighted by Crippen LogP contribution is -2.32. The molecular weight excluding hydrogens is 412 g/mol. The molecule has 1 saturated carbocycles. The van der Waals surface area contributed by atoms with E-state index in [-0.39, 0.29) is 18.0 Å². The summed E-state index contributed by atoms with van der Waals surface area (Å²) in [5, 5.41) is 2.92. The van der Waals surface area contributed by atoms with Crippen LogP contribution in [0, 0.1) is 17.6 Å². The van der Waals surface area contributed by atoms with Crippen molar-refractivity contribution in [3.8, 4) is 0 Å². The predicted octanol–water partition coefficient (Wildman–Crippen LogP) is 4.86. The molecule has 0 spiro atoms. The highest BCUT2D eigenvalue weighted by atomic mass is 19.1. The van der Waals surface area contributed by atoms with Gasteiger partial charge in [0.2, 0.25) is 5.91 Å². The van der Waals surface area contributed by atoms with E-state index in [1.807, 2.05) is 12.1 Å². The highest BCUT2D eigenvalue weighted by molar-refractivity contribution is 5.94. The molecule has 0 bridgehead atoms. The van der Waals surface area contributed by atoms with Crippen molar-refractivity contribution in [2.45, 2.75) is 51.5 Å². The fraction of sp³-hybridized carbons (Fsp3) is 0.440. The van der Waals surface area contributed by atoms with E-state index in [4.69, 9.17) is 5.73 Å². The lowest BCUT2D eigenvalue weighted by molar-refractivity contribution is -0.116. The number of nitrogens with one attached hydrogen (secondary N) is 1. The third kappa shape index (κ3) is 7.12. The quantitative estimate of drug-likeness (QED) is 0.550. The van der Waals surface area contributed by atoms with E-state index in [0.29, 0.717) is 37.5 Å². The molecule has 2 amide bonds. The summed E-state index contributed by atoms with van der Waals surface area (Å²) < 4.78 is 27.1. The Hall–Kier alpha value is -2.80. The molecule has 0 unspecified atom stereocenters. The standard InChI is InChI=1S/C25H31F2N3O2/c26-21-14-20(15-22(27)16-21)25(32)30(13-3-12-28)17-19-6-9-23(10-7-19)29-24(31)11-8-18-4-1-2-5-18/h6-7,9-10,14-16,18H,1-5,8,11-13,17,28H2,(H,29,31). The molecule has 1 aliphatic carbocycles. The van der Waals surface area contributed by atoms with Gasteiger partial charge >= 0.3 is 0 Å². The summed E-state index contributed by atoms with van der Waals surface area (Å²) in [6.07, 6.45) is 7.02. The maximum Gasteiger partial charge on any atom is 0.254 e. The van der Waals surface area contributed by atoms with E-state index in [1.54, 1.807) is 12.1 Å². The van der Waals surface area contributed by atoms with Gasteiger partial charge < -0.3 is 16.0 Å². The summed E-state index contributed by atoms with van der Waals surface area (Å²) in [6.45, 7) is 1.03. The molecule has 0 heterocycles. The van der Waals surface area contributed by atoms with Gasteiger partial charge in [0.25, 0.3) is 5.91 Å². The molecule has 0 radical (unpaired) electrons. The number of nitrogens with zero attached hydrogens (tertiary/aromatic N) is 1. The summed E-state index contributed by atoms with van der Waals surface area (Å²) in [4.78, 5) is 26.6. The van der Waals surface area contributed by atoms with Crippen molar-refractivity contribution in [2.24, 2.45) is 11.7 Å². The van der Waals surface area contributed by atoms with Crippen LogP contribution in [-0.4, -0.2) is 29.8 Å². The van der Waals surface area contributed by atoms with Crippen molar-refractivity contribution < 1.29 is 18.4 Å². The van der Waals surface area contributed by atoms with E-state index in [2.05, 4.69) is 5.32 Å². The number of rotatable bonds is 10. The largest absolute Gasteiger partial charge is 0.334 e. The zero-order chi connectivity index (χ0) is 22.9. The van der Waals surface area contributed by atoms with Crippen LogP contribution in [0.4, 0.5) is 14.5 Å². The third-order valence-electron chi connectivity index (χ3n) is 5.89. The van der Waals surface area contributed by atoms with Crippen molar-refractivity contribution in [1.29, 1.82) is 0 Å². The van der Waals surface area contributed by atoms with Crippen molar-refractivity contribution in [3.63, 3.8) is 0 Å². The molecule has 2 aromatic rings. The SMILES string of the molecule is NCCCN(Cc1ccc(NC(=O)CCC2CCCC2)cc1)C(=O)c1cc(F)cc(F)c1. The molecular formula is C25H31F2N3O2. The number of nitrogens with two attached hydrogens (primary N) is 1. The minimum Gasteiger partial charge on any atom is -0.334 e. The van der Waals surface area contributed by atoms with Crippen LogP contribution in [0.25, 0.3) is 0 Å². The molecule has 1 aliphatic rings. The van der Waals surface area contributed by atoms with Crippen LogP contribution in [-0.2, 0) is 11.3 Å². The average Bonchev–Trinajstić information content (AvgIpc) is 3.29. The molecule has 3 rings (SSSR count). The molecule has 32 heavy (non-hydrogen) atoms. The number of benzene rings is 2. The Morgan fingerprint density at radius 2 is 1.69 bits per heavy atom. The van der Waals surface area contributed by atoms with Crippen LogP contribution in [0.15, 0.2) is 42.5 Å². The summed E-state index contributed by atoms with van der Waals surface area (Å²) in [6, 6.07) is 10.1. The van der Waals surface area contributed by atoms with Crippen molar-refractivity contribution in [3.05, 3.63) is 65.2 Å². The summed E-state index contributed by atoms with van der Waals surface area (Å²) >= 11 is 0. The Morgan fingerprint density at radius 3 is 2.31 bits per heavy atom. The van der Waals surface area contributed by atoms with Crippen LogP contribution in [0.3, 0.4) is 0 Å². The second-order valence-corrected chi connectivity index (χ2v) is 8.46. The fourth-order valence-electron chi connectivity index (χ4n) is 4.17. The van der Waals surface area contributed by atoms with Gasteiger partial charge in [-0.2, -0.15) is 0 Å². The number of anilines is 1. The minimum absolute atomic E-state index is 0.0116. The lowest BCUT2D eigenvalue weighted by Gasteiger charge is -2.23. The first kappa shape index (κ1) is 23.9. The Kier molecular flexibility index (Phi) is 8.73. The zero-order valence-electron chi connectivity index (χ0n) is 18.3. The second-order valence-electron chi connectivity index (χ2n) is 8.46. The number of amides is 2. The molecule has 0 atom stereocenters. The molecule has 7 heteroatoms. The molecule has 3 N–H and O–H groups in total. The highest BCUT2D eigenvalue weighted by Crippen LogP contribution is 2.28. The molecule has 5 nitrogen and oxygen atoms in total. The van der Waals surface area contributed by atoms with Gasteiger partial charge in [-0.1, -0.05) is 37.8 Å². The third-order valence-corrected chi connectivity index (χ3v) is 5.89. The molecule has 2 aromatic carbocycles. The average molecular weight is 444 g/mol. The number of carbonyl (C=O) groups excluding carboxylic acids is 2. The van der Waals surface area contributed by atoms with Crippen molar-refractivity contribution in [2.75, 3.05) is 18.4 Å². The molecule has 0 aromatic heterocycles. The van der Waals surface area contributed by atoms with Crippen LogP contribution in [0.5, 0.6) is 0 Å². The topological polar surface area (TPSA) is 75.4 Å². The molecule has 0 saturated heterocycles. The van der Waals surface area contributed by atoms with Crippen LogP contribution < -0.4 is 11.1 Å². The van der Waals surface area contributed by atoms with Crippen LogP contribution >= 0.6 is 0 Å². The van der Waals surface area contributed by atoms with Gasteiger partial charge in [0, 0.05) is 36.8 Å². The Balaban J connectivity index is 1.59. The van der Waals surface area contributed by atoms with E-state index in [9.17, 15) is 18.4 Å². The van der Waals surface area contributed by atoms with Gasteiger partial charge in [-0.3, -0.25) is 9.59 Å². The fourth-order valence-corrected chi connectivity index (χ4v) is 4.17. The van der Waals surface area contributed by atoms with Gasteiger partial charge in [0.05, 0.1) is 0 Å². The van der Waals surface area contributed by atoms with Gasteiger partial charge in [0.15, 0.2) is 0 Å². The number of hydrogen-bond donors (Lipinski definition) is 2. The Labute approximate surface area is 188 Å². The predicted molar refractivity (Wildman–Crippen MR) is 121 cm³/mol. The van der Waals surface area contributed by atoms with Gasteiger partial charge in [-0.05, 0) is 55.1 Å². The second kappa shape index (κ2) is 11.7. The first-order valence-corrected chi connectivity index (χ1v) is 11.3. The molecule has 0 aliphatic heterocycles. The monoisotopic (exact) mass is 443 g/mol. The number of hydrogen-bond acceptors (Lipinski definition) is 3. The van der Waals surface area contributed by atoms with Gasteiger partial charge in [-0.15, -0.1) is 0 Å². The smallest absolute Gasteiger partial charge is 0.254 e. The number of halogens is 2. The maximum atomic E-state index is 13.6. The van der Waals surface area contributed by atoms with Gasteiger partial charge in [-0.25, -0.2) is 8.78 Å². The lowest BCUT2D eigenvalue weighted by atomic mass is 10.0. The summed E-state index contributed by atoms with van der Waals surface area (Å²) in [5.74, 6) is -1.36. The van der Waals surface area contributed by atoms with Crippen molar-refractivity contribution in [1.82, 2.24) is 4.90 Å². The maximum absolute atomic E-state index is 13.6. The van der Waals surface area contributed by atoms with Crippen LogP contribution in [0.1, 0.15) is 60.9 Å². The summed E-state index contributed by atoms with van der Waals surface area (Å²) in [5.41, 5.74) is 7.10. The molecule has 1 fully saturated rings. The Morgan fingerprint density at radius 1 is 1.03 bits per heavy atom. The first-order chi connectivity index (χ1) is 15.4. The normalized spacial score (nSPS) is 13.8. The highest BCUT2D eigenvalue weighted by Gasteiger charge is 2.18. The van der Waals surface area contributed by atoms with E-state index in [1.165, 1.54) is 30.6 Å². The van der Waals surface area contributed by atoms with Crippen molar-refractivity contribution >= 4 is 17.5 Å². The number of carbonyl (C=O) groups is 2. The zero-order valence-corrected chi connectivity index (χ0v) is 18.3. The first-order valence-electron chi connectivity index (χ1n) is 11.3. The van der Waals surface area contributed by atoms with E-state index < -0.39 is 17.5 Å². The summed E-state index contributed by atoms with van der Waals surface area (Å²) in [7, 11) is 0. The Bertz CT molecular complexity index is 892. The van der Waals surface area contributed by atoms with E-state index in [0.717, 1.165) is 30.2 Å². The van der Waals surface area contributed by atoms with Crippen LogP contribution in [0.2, 0.25) is 0 Å². The van der Waals surface area contributed by atoms with E-state index >= 15 is 0 Å². The molecule has 172 valence electrons. The van der Waals surface area contributed by atoms with Gasteiger partial charge in [0.1, 0.15) is 11.6 Å².